The van der Waals surface area contributed by atoms with Crippen molar-refractivity contribution in [1.82, 2.24) is 9.88 Å². The Kier molecular flexibility index (Phi) is 9.87. The van der Waals surface area contributed by atoms with Gasteiger partial charge in [0.25, 0.3) is 0 Å². The average molecular weight is 569 g/mol. The smallest absolute Gasteiger partial charge is 0.419 e. The molecule has 8 nitrogen and oxygen atoms in total. The minimum atomic E-state index is -2.25. The summed E-state index contributed by atoms with van der Waals surface area (Å²) < 4.78 is 19.5. The number of carbonyl (C=O) groups excluding carboxylic acids is 2. The third-order valence-electron chi connectivity index (χ3n) is 7.21. The molecule has 3 rings (SSSR count). The Labute approximate surface area is 238 Å². The molecule has 2 aromatic carbocycles. The molecule has 0 aliphatic heterocycles. The second kappa shape index (κ2) is 12.6. The standard InChI is InChI=1S/C31H44N2O6Si/c1-30(2,3)39-29(36)33-26-17-13-12-16-23(26)24(18-19-34)27(33)25(21-38-40(7,8)31(4,5)6)32-28(35)37-20-22-14-10-9-11-15-22/h9-17,25,34H,18-21H2,1-8H3,(H,32,35)/t25-/m0/s1. The summed E-state index contributed by atoms with van der Waals surface area (Å²) in [6.07, 6.45) is -0.925. The minimum absolute atomic E-state index is 0.0723. The molecule has 0 saturated carbocycles. The molecular weight excluding hydrogens is 524 g/mol. The molecule has 0 fully saturated rings. The molecule has 1 heterocycles. The maximum absolute atomic E-state index is 13.7. The Hall–Kier alpha value is -3.14. The van der Waals surface area contributed by atoms with E-state index >= 15 is 0 Å². The van der Waals surface area contributed by atoms with E-state index in [0.717, 1.165) is 16.5 Å². The van der Waals surface area contributed by atoms with Gasteiger partial charge in [0.2, 0.25) is 0 Å². The van der Waals surface area contributed by atoms with Crippen molar-refractivity contribution in [3.8, 4) is 0 Å². The third kappa shape index (κ3) is 7.74. The number of nitrogens with zero attached hydrogens (tertiary/aromatic N) is 1. The molecule has 1 aromatic heterocycles. The number of nitrogens with one attached hydrogen (secondary N) is 1. The van der Waals surface area contributed by atoms with Gasteiger partial charge in [-0.15, -0.1) is 0 Å². The summed E-state index contributed by atoms with van der Waals surface area (Å²) in [5.74, 6) is 0. The average Bonchev–Trinajstić information content (AvgIpc) is 3.19. The van der Waals surface area contributed by atoms with Crippen molar-refractivity contribution in [2.45, 2.75) is 84.3 Å². The second-order valence-corrected chi connectivity index (χ2v) is 17.3. The number of fused-ring (bicyclic) bond motifs is 1. The number of aliphatic hydroxyl groups excluding tert-OH is 1. The van der Waals surface area contributed by atoms with Gasteiger partial charge in [-0.3, -0.25) is 0 Å². The van der Waals surface area contributed by atoms with E-state index in [1.165, 1.54) is 4.57 Å². The van der Waals surface area contributed by atoms with Crippen LogP contribution in [0, 0.1) is 0 Å². The third-order valence-corrected chi connectivity index (χ3v) is 11.7. The fraction of sp³-hybridized carbons (Fsp3) is 0.484. The number of para-hydroxylation sites is 1. The number of ether oxygens (including phenoxy) is 2. The number of amides is 1. The first-order valence-corrected chi connectivity index (χ1v) is 16.6. The zero-order valence-corrected chi connectivity index (χ0v) is 26.0. The Balaban J connectivity index is 2.10. The molecular formula is C31H44N2O6Si. The lowest BCUT2D eigenvalue weighted by Crippen LogP contribution is -2.44. The quantitative estimate of drug-likeness (QED) is 0.271. The van der Waals surface area contributed by atoms with Crippen molar-refractivity contribution in [3.63, 3.8) is 0 Å². The van der Waals surface area contributed by atoms with Crippen LogP contribution in [0.4, 0.5) is 9.59 Å². The van der Waals surface area contributed by atoms with Crippen LogP contribution >= 0.6 is 0 Å². The van der Waals surface area contributed by atoms with Gasteiger partial charge >= 0.3 is 12.2 Å². The number of rotatable bonds is 9. The van der Waals surface area contributed by atoms with Crippen LogP contribution in [0.5, 0.6) is 0 Å². The largest absolute Gasteiger partial charge is 0.445 e. The second-order valence-electron chi connectivity index (χ2n) is 12.5. The van der Waals surface area contributed by atoms with E-state index in [0.29, 0.717) is 11.2 Å². The van der Waals surface area contributed by atoms with Gasteiger partial charge in [-0.2, -0.15) is 0 Å². The zero-order chi connectivity index (χ0) is 29.7. The molecule has 0 aliphatic carbocycles. The molecule has 0 saturated heterocycles. The number of aliphatic hydroxyl groups is 1. The van der Waals surface area contributed by atoms with Gasteiger partial charge in [-0.05, 0) is 62.5 Å². The van der Waals surface area contributed by atoms with Crippen LogP contribution < -0.4 is 5.32 Å². The predicted molar refractivity (Wildman–Crippen MR) is 160 cm³/mol. The van der Waals surface area contributed by atoms with Crippen LogP contribution in [0.3, 0.4) is 0 Å². The first-order valence-electron chi connectivity index (χ1n) is 13.7. The highest BCUT2D eigenvalue weighted by atomic mass is 28.4. The van der Waals surface area contributed by atoms with Crippen molar-refractivity contribution >= 4 is 31.4 Å². The Morgan fingerprint density at radius 3 is 2.20 bits per heavy atom. The lowest BCUT2D eigenvalue weighted by molar-refractivity contribution is 0.0533. The maximum atomic E-state index is 13.7. The first kappa shape index (κ1) is 31.4. The molecule has 1 amide bonds. The molecule has 3 aromatic rings. The van der Waals surface area contributed by atoms with Gasteiger partial charge in [-0.1, -0.05) is 69.3 Å². The summed E-state index contributed by atoms with van der Waals surface area (Å²) in [5.41, 5.74) is 2.00. The summed E-state index contributed by atoms with van der Waals surface area (Å²) in [6.45, 7) is 16.2. The molecule has 9 heteroatoms. The molecule has 40 heavy (non-hydrogen) atoms. The number of alkyl carbamates (subject to hydrolysis) is 1. The van der Waals surface area contributed by atoms with Crippen molar-refractivity contribution in [2.24, 2.45) is 0 Å². The van der Waals surface area contributed by atoms with Crippen LogP contribution in [0.1, 0.15) is 64.4 Å². The molecule has 218 valence electrons. The van der Waals surface area contributed by atoms with E-state index in [-0.39, 0.29) is 31.3 Å². The van der Waals surface area contributed by atoms with Crippen LogP contribution in [0.25, 0.3) is 10.9 Å². The number of aromatic nitrogens is 1. The molecule has 0 spiro atoms. The van der Waals surface area contributed by atoms with Gasteiger partial charge in [0.1, 0.15) is 12.2 Å². The lowest BCUT2D eigenvalue weighted by Gasteiger charge is -2.37. The Bertz CT molecular complexity index is 1310. The van der Waals surface area contributed by atoms with Gasteiger partial charge in [0.05, 0.1) is 23.9 Å². The minimum Gasteiger partial charge on any atom is -0.445 e. The summed E-state index contributed by atoms with van der Waals surface area (Å²) in [5, 5.41) is 13.7. The van der Waals surface area contributed by atoms with Crippen LogP contribution in [-0.2, 0) is 26.9 Å². The van der Waals surface area contributed by atoms with E-state index in [1.54, 1.807) is 0 Å². The van der Waals surface area contributed by atoms with E-state index in [1.807, 2.05) is 75.4 Å². The lowest BCUT2D eigenvalue weighted by atomic mass is 10.0. The fourth-order valence-corrected chi connectivity index (χ4v) is 5.19. The van der Waals surface area contributed by atoms with E-state index in [2.05, 4.69) is 39.2 Å². The van der Waals surface area contributed by atoms with Crippen molar-refractivity contribution in [3.05, 3.63) is 71.4 Å². The van der Waals surface area contributed by atoms with Crippen LogP contribution in [0.2, 0.25) is 18.1 Å². The van der Waals surface area contributed by atoms with Gasteiger partial charge in [0.15, 0.2) is 8.32 Å². The van der Waals surface area contributed by atoms with E-state index in [9.17, 15) is 14.7 Å². The van der Waals surface area contributed by atoms with Gasteiger partial charge < -0.3 is 24.3 Å². The topological polar surface area (TPSA) is 99.0 Å². The monoisotopic (exact) mass is 568 g/mol. The van der Waals surface area contributed by atoms with Gasteiger partial charge in [-0.25, -0.2) is 14.2 Å². The molecule has 2 N–H and O–H groups in total. The molecule has 0 radical (unpaired) electrons. The van der Waals surface area contributed by atoms with Crippen molar-refractivity contribution < 1.29 is 28.6 Å². The summed E-state index contributed by atoms with van der Waals surface area (Å²) in [4.78, 5) is 26.8. The van der Waals surface area contributed by atoms with Gasteiger partial charge in [0, 0.05) is 12.0 Å². The maximum Gasteiger partial charge on any atom is 0.419 e. The number of benzene rings is 2. The summed E-state index contributed by atoms with van der Waals surface area (Å²) in [7, 11) is -2.25. The predicted octanol–water partition coefficient (Wildman–Crippen LogP) is 6.95. The molecule has 0 aliphatic rings. The fourth-order valence-electron chi connectivity index (χ4n) is 4.18. The van der Waals surface area contributed by atoms with Crippen LogP contribution in [-0.4, -0.2) is 49.0 Å². The van der Waals surface area contributed by atoms with Crippen LogP contribution in [0.15, 0.2) is 54.6 Å². The zero-order valence-electron chi connectivity index (χ0n) is 25.0. The van der Waals surface area contributed by atoms with Crippen molar-refractivity contribution in [1.29, 1.82) is 0 Å². The highest BCUT2D eigenvalue weighted by Gasteiger charge is 2.39. The Morgan fingerprint density at radius 2 is 1.60 bits per heavy atom. The van der Waals surface area contributed by atoms with E-state index < -0.39 is 32.1 Å². The normalized spacial score (nSPS) is 13.2. The number of carbonyl (C=O) groups is 2. The summed E-state index contributed by atoms with van der Waals surface area (Å²) >= 11 is 0. The molecule has 0 bridgehead atoms. The molecule has 1 atom stereocenters. The number of hydrogen-bond acceptors (Lipinski definition) is 6. The van der Waals surface area contributed by atoms with Crippen molar-refractivity contribution in [2.75, 3.05) is 13.2 Å². The summed E-state index contributed by atoms with van der Waals surface area (Å²) in [6, 6.07) is 16.1. The highest BCUT2D eigenvalue weighted by Crippen LogP contribution is 2.38. The Morgan fingerprint density at radius 1 is 0.975 bits per heavy atom. The highest BCUT2D eigenvalue weighted by molar-refractivity contribution is 6.74. The molecule has 0 unspecified atom stereocenters. The van der Waals surface area contributed by atoms with E-state index in [4.69, 9.17) is 13.9 Å². The SMILES string of the molecule is CC(C)(C)OC(=O)n1c([C@H](CO[Si](C)(C)C(C)(C)C)NC(=O)OCc2ccccc2)c(CCO)c2ccccc21. The first-order chi connectivity index (χ1) is 18.6. The number of hydrogen-bond donors (Lipinski definition) is 2.